The lowest BCUT2D eigenvalue weighted by molar-refractivity contribution is -0.384. The first kappa shape index (κ1) is 19.1. The van der Waals surface area contributed by atoms with Crippen LogP contribution in [-0.2, 0) is 11.3 Å². The maximum atomic E-state index is 13.0. The van der Waals surface area contributed by atoms with Crippen molar-refractivity contribution in [2.24, 2.45) is 0 Å². The standard InChI is InChI=1S/C22H22N6O3/c29-21(15-27-11-8-16-14-17(28(30)31)6-7-20(16)27)25-9-3-10-26(13-12-25)22-23-18-4-1-2-5-19(18)24-22/h1-2,4-8,11,14H,3,9-10,12-13,15H2,(H,23,24). The molecule has 2 aromatic heterocycles. The van der Waals surface area contributed by atoms with E-state index in [0.717, 1.165) is 40.9 Å². The van der Waals surface area contributed by atoms with Crippen molar-refractivity contribution in [3.63, 3.8) is 0 Å². The van der Waals surface area contributed by atoms with Crippen LogP contribution >= 0.6 is 0 Å². The van der Waals surface area contributed by atoms with Crippen LogP contribution in [0.15, 0.2) is 54.7 Å². The molecule has 0 unspecified atom stereocenters. The predicted molar refractivity (Wildman–Crippen MR) is 118 cm³/mol. The highest BCUT2D eigenvalue weighted by atomic mass is 16.6. The number of non-ortho nitro benzene ring substituents is 1. The first-order valence-corrected chi connectivity index (χ1v) is 10.3. The van der Waals surface area contributed by atoms with Gasteiger partial charge >= 0.3 is 0 Å². The summed E-state index contributed by atoms with van der Waals surface area (Å²) in [5, 5.41) is 11.7. The van der Waals surface area contributed by atoms with Gasteiger partial charge in [-0.15, -0.1) is 0 Å². The number of amides is 1. The molecule has 0 atom stereocenters. The third-order valence-corrected chi connectivity index (χ3v) is 5.80. The van der Waals surface area contributed by atoms with Gasteiger partial charge in [0.15, 0.2) is 0 Å². The van der Waals surface area contributed by atoms with Crippen molar-refractivity contribution in [1.82, 2.24) is 19.4 Å². The van der Waals surface area contributed by atoms with E-state index in [-0.39, 0.29) is 18.1 Å². The lowest BCUT2D eigenvalue weighted by atomic mass is 10.2. The molecular formula is C22H22N6O3. The first-order valence-electron chi connectivity index (χ1n) is 10.3. The highest BCUT2D eigenvalue weighted by Crippen LogP contribution is 2.22. The average molecular weight is 418 g/mol. The number of H-pyrrole nitrogens is 1. The highest BCUT2D eigenvalue weighted by Gasteiger charge is 2.21. The largest absolute Gasteiger partial charge is 0.341 e. The molecular weight excluding hydrogens is 396 g/mol. The molecule has 1 N–H and O–H groups in total. The van der Waals surface area contributed by atoms with Crippen molar-refractivity contribution >= 4 is 39.5 Å². The second-order valence-corrected chi connectivity index (χ2v) is 7.74. The monoisotopic (exact) mass is 418 g/mol. The number of rotatable bonds is 4. The molecule has 1 aliphatic rings. The maximum Gasteiger partial charge on any atom is 0.270 e. The number of carbonyl (C=O) groups is 1. The van der Waals surface area contributed by atoms with Crippen LogP contribution < -0.4 is 4.90 Å². The Morgan fingerprint density at radius 1 is 1.10 bits per heavy atom. The molecule has 31 heavy (non-hydrogen) atoms. The van der Waals surface area contributed by atoms with Crippen LogP contribution in [0.1, 0.15) is 6.42 Å². The van der Waals surface area contributed by atoms with Crippen molar-refractivity contribution in [3.8, 4) is 0 Å². The topological polar surface area (TPSA) is 100 Å². The number of nitrogens with one attached hydrogen (secondary N) is 1. The first-order chi connectivity index (χ1) is 15.1. The fourth-order valence-electron chi connectivity index (χ4n) is 4.15. The van der Waals surface area contributed by atoms with Crippen LogP contribution in [0.5, 0.6) is 0 Å². The molecule has 0 spiro atoms. The Hall–Kier alpha value is -3.88. The van der Waals surface area contributed by atoms with E-state index in [0.29, 0.717) is 19.6 Å². The summed E-state index contributed by atoms with van der Waals surface area (Å²) >= 11 is 0. The van der Waals surface area contributed by atoms with Crippen LogP contribution in [-0.4, -0.2) is 56.4 Å². The number of hydrogen-bond acceptors (Lipinski definition) is 5. The molecule has 5 rings (SSSR count). The summed E-state index contributed by atoms with van der Waals surface area (Å²) in [5.74, 6) is 0.885. The molecule has 4 aromatic rings. The maximum absolute atomic E-state index is 13.0. The van der Waals surface area contributed by atoms with Gasteiger partial charge in [-0.1, -0.05) is 12.1 Å². The van der Waals surface area contributed by atoms with Crippen molar-refractivity contribution in [2.45, 2.75) is 13.0 Å². The quantitative estimate of drug-likeness (QED) is 0.405. The second-order valence-electron chi connectivity index (χ2n) is 7.74. The van der Waals surface area contributed by atoms with E-state index >= 15 is 0 Å². The molecule has 158 valence electrons. The molecule has 0 saturated carbocycles. The molecule has 0 aliphatic carbocycles. The summed E-state index contributed by atoms with van der Waals surface area (Å²) in [6, 6.07) is 14.5. The molecule has 9 nitrogen and oxygen atoms in total. The Kier molecular flexibility index (Phi) is 4.78. The summed E-state index contributed by atoms with van der Waals surface area (Å²) in [4.78, 5) is 35.7. The van der Waals surface area contributed by atoms with Gasteiger partial charge in [0.1, 0.15) is 6.54 Å². The Bertz CT molecular complexity index is 1240. The summed E-state index contributed by atoms with van der Waals surface area (Å²) in [5.41, 5.74) is 2.82. The molecule has 1 aliphatic heterocycles. The van der Waals surface area contributed by atoms with E-state index < -0.39 is 4.92 Å². The fraction of sp³-hybridized carbons (Fsp3) is 0.273. The van der Waals surface area contributed by atoms with E-state index in [1.807, 2.05) is 39.9 Å². The van der Waals surface area contributed by atoms with Gasteiger partial charge < -0.3 is 19.4 Å². The number of benzene rings is 2. The molecule has 1 saturated heterocycles. The number of aromatic amines is 1. The Morgan fingerprint density at radius 2 is 1.97 bits per heavy atom. The third-order valence-electron chi connectivity index (χ3n) is 5.80. The van der Waals surface area contributed by atoms with Crippen LogP contribution in [0.2, 0.25) is 0 Å². The molecule has 1 fully saturated rings. The number of fused-ring (bicyclic) bond motifs is 2. The van der Waals surface area contributed by atoms with E-state index in [1.165, 1.54) is 12.1 Å². The highest BCUT2D eigenvalue weighted by molar-refractivity contribution is 5.85. The zero-order chi connectivity index (χ0) is 21.4. The minimum atomic E-state index is -0.410. The van der Waals surface area contributed by atoms with Crippen LogP contribution in [0.4, 0.5) is 11.6 Å². The normalized spacial score (nSPS) is 14.8. The second kappa shape index (κ2) is 7.75. The van der Waals surface area contributed by atoms with Crippen molar-refractivity contribution < 1.29 is 9.72 Å². The van der Waals surface area contributed by atoms with Crippen LogP contribution in [0.3, 0.4) is 0 Å². The smallest absolute Gasteiger partial charge is 0.270 e. The van der Waals surface area contributed by atoms with Gasteiger partial charge in [-0.05, 0) is 30.7 Å². The summed E-state index contributed by atoms with van der Waals surface area (Å²) in [7, 11) is 0. The number of carbonyl (C=O) groups excluding carboxylic acids is 1. The van der Waals surface area contributed by atoms with Crippen molar-refractivity contribution in [1.29, 1.82) is 0 Å². The summed E-state index contributed by atoms with van der Waals surface area (Å²) < 4.78 is 1.85. The average Bonchev–Trinajstić information content (AvgIpc) is 3.29. The summed E-state index contributed by atoms with van der Waals surface area (Å²) in [6.45, 7) is 3.08. The zero-order valence-electron chi connectivity index (χ0n) is 16.9. The number of imidazole rings is 1. The number of nitro groups is 1. The van der Waals surface area contributed by atoms with E-state index in [9.17, 15) is 14.9 Å². The van der Waals surface area contributed by atoms with Crippen molar-refractivity contribution in [2.75, 3.05) is 31.1 Å². The van der Waals surface area contributed by atoms with Gasteiger partial charge in [0.2, 0.25) is 11.9 Å². The molecule has 9 heteroatoms. The number of nitrogens with zero attached hydrogens (tertiary/aromatic N) is 5. The number of anilines is 1. The number of para-hydroxylation sites is 2. The molecule has 2 aromatic carbocycles. The SMILES string of the molecule is O=C(Cn1ccc2cc([N+](=O)[O-])ccc21)N1CCCN(c2nc3ccccc3[nH]2)CC1. The Balaban J connectivity index is 1.27. The Morgan fingerprint density at radius 3 is 2.81 bits per heavy atom. The van der Waals surface area contributed by atoms with Gasteiger partial charge in [0.05, 0.1) is 16.0 Å². The zero-order valence-corrected chi connectivity index (χ0v) is 16.9. The molecule has 0 bridgehead atoms. The number of nitro benzene ring substituents is 1. The Labute approximate surface area is 178 Å². The molecule has 1 amide bonds. The van der Waals surface area contributed by atoms with E-state index in [1.54, 1.807) is 12.1 Å². The predicted octanol–water partition coefficient (Wildman–Crippen LogP) is 3.16. The van der Waals surface area contributed by atoms with E-state index in [2.05, 4.69) is 14.9 Å². The third kappa shape index (κ3) is 3.70. The van der Waals surface area contributed by atoms with Crippen LogP contribution in [0, 0.1) is 10.1 Å². The number of hydrogen-bond donors (Lipinski definition) is 1. The van der Waals surface area contributed by atoms with Gasteiger partial charge in [0.25, 0.3) is 5.69 Å². The minimum Gasteiger partial charge on any atom is -0.341 e. The number of aromatic nitrogens is 3. The summed E-state index contributed by atoms with van der Waals surface area (Å²) in [6.07, 6.45) is 2.67. The fourth-order valence-corrected chi connectivity index (χ4v) is 4.15. The van der Waals surface area contributed by atoms with Gasteiger partial charge in [-0.25, -0.2) is 4.98 Å². The van der Waals surface area contributed by atoms with Crippen molar-refractivity contribution in [3.05, 3.63) is 64.8 Å². The van der Waals surface area contributed by atoms with Gasteiger partial charge in [-0.2, -0.15) is 0 Å². The molecule has 0 radical (unpaired) electrons. The lowest BCUT2D eigenvalue weighted by Gasteiger charge is -2.22. The lowest BCUT2D eigenvalue weighted by Crippen LogP contribution is -2.37. The van der Waals surface area contributed by atoms with Gasteiger partial charge in [-0.3, -0.25) is 14.9 Å². The van der Waals surface area contributed by atoms with Gasteiger partial charge in [0, 0.05) is 55.4 Å². The minimum absolute atomic E-state index is 0.0438. The molecule has 3 heterocycles. The van der Waals surface area contributed by atoms with Crippen LogP contribution in [0.25, 0.3) is 21.9 Å². The van der Waals surface area contributed by atoms with E-state index in [4.69, 9.17) is 0 Å².